The number of hydrogen-bond acceptors (Lipinski definition) is 3. The summed E-state index contributed by atoms with van der Waals surface area (Å²) < 4.78 is 5.63. The maximum absolute atomic E-state index is 5.63. The van der Waals surface area contributed by atoms with Crippen LogP contribution in [-0.2, 0) is 0 Å². The first-order valence-electron chi connectivity index (χ1n) is 6.97. The van der Waals surface area contributed by atoms with E-state index in [1.54, 1.807) is 7.11 Å². The number of aryl methyl sites for hydroxylation is 2. The molecule has 0 aliphatic carbocycles. The van der Waals surface area contributed by atoms with Crippen molar-refractivity contribution in [3.8, 4) is 5.75 Å². The van der Waals surface area contributed by atoms with Gasteiger partial charge in [-0.2, -0.15) is 0 Å². The first kappa shape index (κ1) is 16.0. The first-order chi connectivity index (χ1) is 9.01. The number of ether oxygens (including phenoxy) is 1. The number of nitrogens with zero attached hydrogens (tertiary/aromatic N) is 1. The molecule has 1 N–H and O–H groups in total. The van der Waals surface area contributed by atoms with Crippen molar-refractivity contribution in [1.29, 1.82) is 0 Å². The summed E-state index contributed by atoms with van der Waals surface area (Å²) in [7, 11) is 8.05. The lowest BCUT2D eigenvalue weighted by Gasteiger charge is -2.27. The Morgan fingerprint density at radius 1 is 1.26 bits per heavy atom. The van der Waals surface area contributed by atoms with E-state index in [-0.39, 0.29) is 0 Å². The Kier molecular flexibility index (Phi) is 6.32. The van der Waals surface area contributed by atoms with E-state index in [9.17, 15) is 0 Å². The molecule has 0 aromatic heterocycles. The van der Waals surface area contributed by atoms with Crippen LogP contribution in [0.5, 0.6) is 5.75 Å². The van der Waals surface area contributed by atoms with E-state index >= 15 is 0 Å². The van der Waals surface area contributed by atoms with E-state index in [0.717, 1.165) is 25.1 Å². The van der Waals surface area contributed by atoms with Gasteiger partial charge in [-0.1, -0.05) is 17.7 Å². The van der Waals surface area contributed by atoms with Crippen LogP contribution in [0.4, 0.5) is 0 Å². The van der Waals surface area contributed by atoms with Crippen LogP contribution in [0.25, 0.3) is 0 Å². The Labute approximate surface area is 118 Å². The highest BCUT2D eigenvalue weighted by Gasteiger charge is 2.19. The molecule has 19 heavy (non-hydrogen) atoms. The van der Waals surface area contributed by atoms with Gasteiger partial charge in [-0.05, 0) is 59.9 Å². The zero-order chi connectivity index (χ0) is 14.4. The number of hydrogen-bond donors (Lipinski definition) is 1. The summed E-state index contributed by atoms with van der Waals surface area (Å²) in [6.07, 6.45) is 2.29. The minimum Gasteiger partial charge on any atom is -0.496 e. The van der Waals surface area contributed by atoms with Crippen LogP contribution in [-0.4, -0.2) is 39.7 Å². The molecular formula is C16H28N2O. The molecule has 0 spiro atoms. The fraction of sp³-hybridized carbons (Fsp3) is 0.625. The van der Waals surface area contributed by atoms with Gasteiger partial charge < -0.3 is 15.0 Å². The molecule has 0 heterocycles. The van der Waals surface area contributed by atoms with Gasteiger partial charge in [0.25, 0.3) is 0 Å². The van der Waals surface area contributed by atoms with Crippen molar-refractivity contribution in [2.24, 2.45) is 0 Å². The molecule has 0 saturated heterocycles. The molecule has 108 valence electrons. The summed E-state index contributed by atoms with van der Waals surface area (Å²) in [4.78, 5) is 2.28. The lowest BCUT2D eigenvalue weighted by atomic mass is 9.95. The lowest BCUT2D eigenvalue weighted by Crippen LogP contribution is -2.22. The molecule has 1 rings (SSSR count). The van der Waals surface area contributed by atoms with Gasteiger partial charge in [-0.15, -0.1) is 0 Å². The summed E-state index contributed by atoms with van der Waals surface area (Å²) >= 11 is 0. The average Bonchev–Trinajstić information content (AvgIpc) is 2.33. The fourth-order valence-corrected chi connectivity index (χ4v) is 2.68. The van der Waals surface area contributed by atoms with E-state index in [2.05, 4.69) is 50.3 Å². The predicted molar refractivity (Wildman–Crippen MR) is 82.1 cm³/mol. The molecule has 0 radical (unpaired) electrons. The monoisotopic (exact) mass is 264 g/mol. The van der Waals surface area contributed by atoms with Crippen molar-refractivity contribution in [1.82, 2.24) is 10.2 Å². The molecule has 1 aromatic carbocycles. The molecule has 0 saturated carbocycles. The van der Waals surface area contributed by atoms with Crippen LogP contribution in [0, 0.1) is 13.8 Å². The molecule has 0 aliphatic rings. The minimum absolute atomic E-state index is 0.405. The maximum atomic E-state index is 5.63. The second-order valence-corrected chi connectivity index (χ2v) is 5.43. The molecule has 3 heteroatoms. The van der Waals surface area contributed by atoms with Crippen molar-refractivity contribution in [2.75, 3.05) is 34.8 Å². The van der Waals surface area contributed by atoms with Crippen LogP contribution in [0.3, 0.4) is 0 Å². The molecule has 1 atom stereocenters. The summed E-state index contributed by atoms with van der Waals surface area (Å²) in [5.74, 6) is 1.04. The van der Waals surface area contributed by atoms with E-state index in [0.29, 0.717) is 6.04 Å². The molecule has 3 nitrogen and oxygen atoms in total. The van der Waals surface area contributed by atoms with Crippen LogP contribution >= 0.6 is 0 Å². The van der Waals surface area contributed by atoms with Gasteiger partial charge in [0.1, 0.15) is 5.75 Å². The molecule has 0 bridgehead atoms. The SMILES string of the molecule is CNCCCC(c1cc(C)cc(C)c1OC)N(C)C. The third-order valence-electron chi connectivity index (χ3n) is 3.54. The van der Waals surface area contributed by atoms with Gasteiger partial charge in [0.2, 0.25) is 0 Å². The van der Waals surface area contributed by atoms with Crippen LogP contribution < -0.4 is 10.1 Å². The Morgan fingerprint density at radius 2 is 1.95 bits per heavy atom. The van der Waals surface area contributed by atoms with Crippen molar-refractivity contribution in [3.63, 3.8) is 0 Å². The predicted octanol–water partition coefficient (Wildman–Crippen LogP) is 2.91. The Balaban J connectivity index is 3.07. The third kappa shape index (κ3) is 4.22. The molecule has 0 fully saturated rings. The van der Waals surface area contributed by atoms with Gasteiger partial charge in [0, 0.05) is 11.6 Å². The Hall–Kier alpha value is -1.06. The summed E-state index contributed by atoms with van der Waals surface area (Å²) in [6, 6.07) is 4.85. The highest BCUT2D eigenvalue weighted by atomic mass is 16.5. The van der Waals surface area contributed by atoms with Crippen molar-refractivity contribution in [2.45, 2.75) is 32.7 Å². The van der Waals surface area contributed by atoms with E-state index in [4.69, 9.17) is 4.74 Å². The molecule has 1 unspecified atom stereocenters. The fourth-order valence-electron chi connectivity index (χ4n) is 2.68. The van der Waals surface area contributed by atoms with Crippen molar-refractivity contribution < 1.29 is 4.74 Å². The van der Waals surface area contributed by atoms with Crippen molar-refractivity contribution in [3.05, 3.63) is 28.8 Å². The largest absolute Gasteiger partial charge is 0.496 e. The van der Waals surface area contributed by atoms with Gasteiger partial charge in [-0.25, -0.2) is 0 Å². The van der Waals surface area contributed by atoms with Gasteiger partial charge in [0.15, 0.2) is 0 Å². The van der Waals surface area contributed by atoms with Gasteiger partial charge in [0.05, 0.1) is 7.11 Å². The topological polar surface area (TPSA) is 24.5 Å². The van der Waals surface area contributed by atoms with Crippen LogP contribution in [0.15, 0.2) is 12.1 Å². The highest BCUT2D eigenvalue weighted by molar-refractivity contribution is 5.45. The first-order valence-corrected chi connectivity index (χ1v) is 6.97. The standard InChI is InChI=1S/C16H28N2O/c1-12-10-13(2)16(19-6)14(11-12)15(18(4)5)8-7-9-17-3/h10-11,15,17H,7-9H2,1-6H3. The molecular weight excluding hydrogens is 236 g/mol. The van der Waals surface area contributed by atoms with Gasteiger partial charge in [-0.3, -0.25) is 0 Å². The number of rotatable bonds is 7. The van der Waals surface area contributed by atoms with E-state index in [1.165, 1.54) is 16.7 Å². The van der Waals surface area contributed by atoms with Gasteiger partial charge >= 0.3 is 0 Å². The second-order valence-electron chi connectivity index (χ2n) is 5.43. The Bertz CT molecular complexity index is 402. The number of methoxy groups -OCH3 is 1. The summed E-state index contributed by atoms with van der Waals surface area (Å²) in [6.45, 7) is 5.32. The van der Waals surface area contributed by atoms with Crippen LogP contribution in [0.1, 0.15) is 35.6 Å². The number of benzene rings is 1. The quantitative estimate of drug-likeness (QED) is 0.766. The Morgan fingerprint density at radius 3 is 2.47 bits per heavy atom. The molecule has 1 aromatic rings. The third-order valence-corrected chi connectivity index (χ3v) is 3.54. The van der Waals surface area contributed by atoms with Crippen LogP contribution in [0.2, 0.25) is 0 Å². The molecule has 0 amide bonds. The lowest BCUT2D eigenvalue weighted by molar-refractivity contribution is 0.269. The average molecular weight is 264 g/mol. The molecule has 0 aliphatic heterocycles. The van der Waals surface area contributed by atoms with Crippen molar-refractivity contribution >= 4 is 0 Å². The zero-order valence-corrected chi connectivity index (χ0v) is 13.2. The van der Waals surface area contributed by atoms with E-state index < -0.39 is 0 Å². The maximum Gasteiger partial charge on any atom is 0.126 e. The minimum atomic E-state index is 0.405. The summed E-state index contributed by atoms with van der Waals surface area (Å²) in [5, 5.41) is 3.22. The summed E-state index contributed by atoms with van der Waals surface area (Å²) in [5.41, 5.74) is 3.83. The second kappa shape index (κ2) is 7.51. The highest BCUT2D eigenvalue weighted by Crippen LogP contribution is 2.34. The number of nitrogens with one attached hydrogen (secondary N) is 1. The normalized spacial score (nSPS) is 12.8. The zero-order valence-electron chi connectivity index (χ0n) is 13.2. The van der Waals surface area contributed by atoms with E-state index in [1.807, 2.05) is 7.05 Å². The smallest absolute Gasteiger partial charge is 0.126 e.